The van der Waals surface area contributed by atoms with E-state index in [1.54, 1.807) is 20.2 Å². The number of amides is 2. The summed E-state index contributed by atoms with van der Waals surface area (Å²) in [4.78, 5) is 31.8. The normalized spacial score (nSPS) is 15.8. The maximum atomic E-state index is 13.7. The van der Waals surface area contributed by atoms with Gasteiger partial charge < -0.3 is 9.80 Å². The summed E-state index contributed by atoms with van der Waals surface area (Å²) in [5.74, 6) is -0.928. The van der Waals surface area contributed by atoms with Crippen LogP contribution in [0.2, 0.25) is 0 Å². The van der Waals surface area contributed by atoms with Crippen molar-refractivity contribution >= 4 is 22.7 Å². The molecule has 5 nitrogen and oxygen atoms in total. The van der Waals surface area contributed by atoms with Crippen LogP contribution in [0.25, 0.3) is 10.9 Å². The lowest BCUT2D eigenvalue weighted by Gasteiger charge is -2.33. The highest BCUT2D eigenvalue weighted by atomic mass is 19.4. The molecule has 144 valence electrons. The van der Waals surface area contributed by atoms with Crippen molar-refractivity contribution in [3.05, 3.63) is 41.6 Å². The standard InChI is InChI=1S/C19H20F3N3O2/c1-24(2)17(26)12-7-9-25(10-8-12)18(27)14-11-23-15-6-4-3-5-13(15)16(14)19(20,21)22/h3-6,11-12H,7-10H2,1-2H3. The molecule has 0 atom stereocenters. The Labute approximate surface area is 154 Å². The van der Waals surface area contributed by atoms with Gasteiger partial charge in [0.05, 0.1) is 16.6 Å². The highest BCUT2D eigenvalue weighted by Gasteiger charge is 2.39. The summed E-state index contributed by atoms with van der Waals surface area (Å²) in [7, 11) is 3.33. The number of halogens is 3. The average molecular weight is 379 g/mol. The largest absolute Gasteiger partial charge is 0.417 e. The fraction of sp³-hybridized carbons (Fsp3) is 0.421. The van der Waals surface area contributed by atoms with Crippen molar-refractivity contribution in [2.75, 3.05) is 27.2 Å². The lowest BCUT2D eigenvalue weighted by atomic mass is 9.94. The predicted molar refractivity (Wildman–Crippen MR) is 94.1 cm³/mol. The molecule has 0 aliphatic carbocycles. The molecule has 1 aliphatic rings. The van der Waals surface area contributed by atoms with E-state index in [0.29, 0.717) is 12.8 Å². The average Bonchev–Trinajstić information content (AvgIpc) is 2.65. The second-order valence-corrected chi connectivity index (χ2v) is 6.86. The highest BCUT2D eigenvalue weighted by Crippen LogP contribution is 2.37. The third kappa shape index (κ3) is 3.74. The first kappa shape index (κ1) is 19.1. The van der Waals surface area contributed by atoms with Gasteiger partial charge in [0.1, 0.15) is 0 Å². The van der Waals surface area contributed by atoms with Gasteiger partial charge in [-0.25, -0.2) is 0 Å². The van der Waals surface area contributed by atoms with E-state index in [1.807, 2.05) is 0 Å². The Morgan fingerprint density at radius 1 is 1.15 bits per heavy atom. The van der Waals surface area contributed by atoms with Crippen molar-refractivity contribution in [3.63, 3.8) is 0 Å². The monoisotopic (exact) mass is 379 g/mol. The Morgan fingerprint density at radius 3 is 2.37 bits per heavy atom. The molecule has 27 heavy (non-hydrogen) atoms. The Balaban J connectivity index is 1.90. The van der Waals surface area contributed by atoms with Gasteiger partial charge >= 0.3 is 6.18 Å². The molecule has 1 aliphatic heterocycles. The number of para-hydroxylation sites is 1. The third-order valence-electron chi connectivity index (χ3n) is 4.86. The molecule has 1 saturated heterocycles. The molecule has 0 spiro atoms. The van der Waals surface area contributed by atoms with Crippen LogP contribution >= 0.6 is 0 Å². The van der Waals surface area contributed by atoms with Crippen LogP contribution < -0.4 is 0 Å². The van der Waals surface area contributed by atoms with Crippen LogP contribution in [0.15, 0.2) is 30.5 Å². The van der Waals surface area contributed by atoms with Gasteiger partial charge in [0.25, 0.3) is 5.91 Å². The topological polar surface area (TPSA) is 53.5 Å². The molecule has 1 fully saturated rings. The zero-order chi connectivity index (χ0) is 19.8. The molecule has 1 aromatic carbocycles. The number of benzene rings is 1. The fourth-order valence-corrected chi connectivity index (χ4v) is 3.47. The number of nitrogens with zero attached hydrogens (tertiary/aromatic N) is 3. The number of hydrogen-bond acceptors (Lipinski definition) is 3. The van der Waals surface area contributed by atoms with Crippen molar-refractivity contribution in [2.45, 2.75) is 19.0 Å². The second-order valence-electron chi connectivity index (χ2n) is 6.86. The van der Waals surface area contributed by atoms with Crippen LogP contribution in [-0.2, 0) is 11.0 Å². The van der Waals surface area contributed by atoms with Crippen LogP contribution in [0.5, 0.6) is 0 Å². The molecule has 2 aromatic rings. The molecule has 0 unspecified atom stereocenters. The second kappa shape index (κ2) is 7.17. The Bertz CT molecular complexity index is 872. The van der Waals surface area contributed by atoms with Gasteiger partial charge in [-0.15, -0.1) is 0 Å². The van der Waals surface area contributed by atoms with Gasteiger partial charge in [-0.1, -0.05) is 18.2 Å². The number of pyridine rings is 1. The number of aromatic nitrogens is 1. The molecule has 1 aromatic heterocycles. The molecule has 3 rings (SSSR count). The van der Waals surface area contributed by atoms with Gasteiger partial charge in [0.2, 0.25) is 5.91 Å². The Hall–Kier alpha value is -2.64. The molecule has 2 amide bonds. The third-order valence-corrected chi connectivity index (χ3v) is 4.86. The molecular weight excluding hydrogens is 359 g/mol. The highest BCUT2D eigenvalue weighted by molar-refractivity contribution is 6.00. The van der Waals surface area contributed by atoms with Gasteiger partial charge in [0.15, 0.2) is 0 Å². The van der Waals surface area contributed by atoms with Crippen LogP contribution in [0.4, 0.5) is 13.2 Å². The zero-order valence-corrected chi connectivity index (χ0v) is 15.1. The zero-order valence-electron chi connectivity index (χ0n) is 15.1. The van der Waals surface area contributed by atoms with E-state index in [1.165, 1.54) is 28.0 Å². The first-order chi connectivity index (χ1) is 12.7. The number of rotatable bonds is 2. The molecule has 0 N–H and O–H groups in total. The lowest BCUT2D eigenvalue weighted by molar-refractivity contribution is -0.136. The summed E-state index contributed by atoms with van der Waals surface area (Å²) in [5, 5.41) is -0.0893. The van der Waals surface area contributed by atoms with E-state index in [2.05, 4.69) is 4.98 Å². The summed E-state index contributed by atoms with van der Waals surface area (Å²) in [6, 6.07) is 5.90. The van der Waals surface area contributed by atoms with Crippen LogP contribution in [0.1, 0.15) is 28.8 Å². The number of carbonyl (C=O) groups excluding carboxylic acids is 2. The minimum atomic E-state index is -4.67. The van der Waals surface area contributed by atoms with Gasteiger partial charge in [-0.3, -0.25) is 14.6 Å². The number of likely N-dealkylation sites (tertiary alicyclic amines) is 1. The van der Waals surface area contributed by atoms with E-state index >= 15 is 0 Å². The Kier molecular flexibility index (Phi) is 5.08. The van der Waals surface area contributed by atoms with E-state index in [9.17, 15) is 22.8 Å². The van der Waals surface area contributed by atoms with Crippen molar-refractivity contribution in [1.29, 1.82) is 0 Å². The molecule has 8 heteroatoms. The number of carbonyl (C=O) groups is 2. The predicted octanol–water partition coefficient (Wildman–Crippen LogP) is 3.19. The first-order valence-corrected chi connectivity index (χ1v) is 8.65. The molecular formula is C19H20F3N3O2. The van der Waals surface area contributed by atoms with Crippen LogP contribution in [-0.4, -0.2) is 53.8 Å². The summed E-state index contributed by atoms with van der Waals surface area (Å²) < 4.78 is 41.1. The van der Waals surface area contributed by atoms with Crippen molar-refractivity contribution in [1.82, 2.24) is 14.8 Å². The van der Waals surface area contributed by atoms with E-state index in [0.717, 1.165) is 6.20 Å². The van der Waals surface area contributed by atoms with Crippen LogP contribution in [0, 0.1) is 5.92 Å². The quantitative estimate of drug-likeness (QED) is 0.805. The molecule has 2 heterocycles. The van der Waals surface area contributed by atoms with E-state index < -0.39 is 23.2 Å². The first-order valence-electron chi connectivity index (χ1n) is 8.65. The number of hydrogen-bond donors (Lipinski definition) is 0. The molecule has 0 radical (unpaired) electrons. The summed E-state index contributed by atoms with van der Waals surface area (Å²) in [5.41, 5.74) is -1.21. The van der Waals surface area contributed by atoms with Crippen molar-refractivity contribution in [2.24, 2.45) is 5.92 Å². The number of piperidine rings is 1. The van der Waals surface area contributed by atoms with Gasteiger partial charge in [-0.05, 0) is 18.9 Å². The summed E-state index contributed by atoms with van der Waals surface area (Å²) in [6.45, 7) is 0.487. The van der Waals surface area contributed by atoms with E-state index in [-0.39, 0.29) is 35.8 Å². The van der Waals surface area contributed by atoms with Crippen molar-refractivity contribution in [3.8, 4) is 0 Å². The van der Waals surface area contributed by atoms with Gasteiger partial charge in [0, 0.05) is 44.7 Å². The molecule has 0 bridgehead atoms. The molecule has 0 saturated carbocycles. The maximum Gasteiger partial charge on any atom is 0.417 e. The summed E-state index contributed by atoms with van der Waals surface area (Å²) >= 11 is 0. The SMILES string of the molecule is CN(C)C(=O)C1CCN(C(=O)c2cnc3ccccc3c2C(F)(F)F)CC1. The number of alkyl halides is 3. The summed E-state index contributed by atoms with van der Waals surface area (Å²) in [6.07, 6.45) is -2.80. The maximum absolute atomic E-state index is 13.7. The minimum absolute atomic E-state index is 0.0227. The van der Waals surface area contributed by atoms with Gasteiger partial charge in [-0.2, -0.15) is 13.2 Å². The van der Waals surface area contributed by atoms with Crippen LogP contribution in [0.3, 0.4) is 0 Å². The van der Waals surface area contributed by atoms with Crippen molar-refractivity contribution < 1.29 is 22.8 Å². The van der Waals surface area contributed by atoms with E-state index in [4.69, 9.17) is 0 Å². The minimum Gasteiger partial charge on any atom is -0.349 e. The fourth-order valence-electron chi connectivity index (χ4n) is 3.47. The number of fused-ring (bicyclic) bond motifs is 1. The Morgan fingerprint density at radius 2 is 1.78 bits per heavy atom. The lowest BCUT2D eigenvalue weighted by Crippen LogP contribution is -2.43. The smallest absolute Gasteiger partial charge is 0.349 e.